The van der Waals surface area contributed by atoms with Gasteiger partial charge in [-0.25, -0.2) is 4.79 Å². The van der Waals surface area contributed by atoms with Crippen LogP contribution in [0.15, 0.2) is 65.9 Å². The highest BCUT2D eigenvalue weighted by Gasteiger charge is 2.44. The largest absolute Gasteiger partial charge is 0.503 e. The lowest BCUT2D eigenvalue weighted by atomic mass is 9.92. The van der Waals surface area contributed by atoms with Crippen LogP contribution in [0.1, 0.15) is 55.6 Å². The highest BCUT2D eigenvalue weighted by Crippen LogP contribution is 2.41. The maximum Gasteiger partial charge on any atom is 0.338 e. The minimum absolute atomic E-state index is 0.0850. The molecule has 1 heterocycles. The molecule has 0 saturated heterocycles. The number of hydrogen-bond donors (Lipinski definition) is 1. The first kappa shape index (κ1) is 22.3. The molecule has 3 rings (SSSR count). The number of aliphatic hydroxyl groups excluding tert-OH is 1. The molecular weight excluding hydrogens is 394 g/mol. The van der Waals surface area contributed by atoms with Crippen molar-refractivity contribution in [1.82, 2.24) is 0 Å². The summed E-state index contributed by atoms with van der Waals surface area (Å²) in [6.07, 6.45) is 0.953. The standard InChI is InChI=1S/C25H27NO5/c1-4-14-31-25(30)18-10-12-19(13-11-18)26-22(17-8-6-5-7-9-17)21(23(28)24(26)29)20(27)15-16(2)3/h5-13,16,22,28H,4,14-15H2,1-3H3. The smallest absolute Gasteiger partial charge is 0.338 e. The van der Waals surface area contributed by atoms with Crippen molar-refractivity contribution in [2.24, 2.45) is 5.92 Å². The van der Waals surface area contributed by atoms with Crippen molar-refractivity contribution in [1.29, 1.82) is 0 Å². The van der Waals surface area contributed by atoms with Gasteiger partial charge in [-0.15, -0.1) is 0 Å². The van der Waals surface area contributed by atoms with Gasteiger partial charge >= 0.3 is 5.97 Å². The molecule has 6 heteroatoms. The number of rotatable bonds is 8. The number of benzene rings is 2. The van der Waals surface area contributed by atoms with Crippen molar-refractivity contribution in [3.63, 3.8) is 0 Å². The van der Waals surface area contributed by atoms with Crippen molar-refractivity contribution in [3.8, 4) is 0 Å². The number of esters is 1. The van der Waals surface area contributed by atoms with E-state index in [2.05, 4.69) is 0 Å². The van der Waals surface area contributed by atoms with Gasteiger partial charge in [-0.1, -0.05) is 51.1 Å². The molecule has 0 radical (unpaired) electrons. The van der Waals surface area contributed by atoms with Crippen LogP contribution in [0.4, 0.5) is 5.69 Å². The second-order valence-corrected chi connectivity index (χ2v) is 7.95. The van der Waals surface area contributed by atoms with E-state index in [1.807, 2.05) is 51.1 Å². The summed E-state index contributed by atoms with van der Waals surface area (Å²) in [6.45, 7) is 6.08. The second kappa shape index (κ2) is 9.60. The number of carbonyl (C=O) groups is 3. The average molecular weight is 421 g/mol. The van der Waals surface area contributed by atoms with E-state index in [1.165, 1.54) is 4.90 Å². The first-order chi connectivity index (χ1) is 14.8. The van der Waals surface area contributed by atoms with Gasteiger partial charge in [0.25, 0.3) is 5.91 Å². The number of Topliss-reactive ketones (excluding diaryl/α,β-unsaturated/α-hetero) is 1. The van der Waals surface area contributed by atoms with Gasteiger partial charge in [0.05, 0.1) is 23.8 Å². The summed E-state index contributed by atoms with van der Waals surface area (Å²) in [7, 11) is 0. The van der Waals surface area contributed by atoms with E-state index in [0.29, 0.717) is 17.9 Å². The minimum atomic E-state index is -0.738. The topological polar surface area (TPSA) is 83.9 Å². The lowest BCUT2D eigenvalue weighted by molar-refractivity contribution is -0.118. The van der Waals surface area contributed by atoms with E-state index in [-0.39, 0.29) is 23.7 Å². The number of aliphatic hydroxyl groups is 1. The molecule has 1 unspecified atom stereocenters. The van der Waals surface area contributed by atoms with Crippen LogP contribution in [0.3, 0.4) is 0 Å². The number of carbonyl (C=O) groups excluding carboxylic acids is 3. The Labute approximate surface area is 182 Å². The molecule has 6 nitrogen and oxygen atoms in total. The summed E-state index contributed by atoms with van der Waals surface area (Å²) in [5.41, 5.74) is 1.67. The molecular formula is C25H27NO5. The third-order valence-corrected chi connectivity index (χ3v) is 5.04. The van der Waals surface area contributed by atoms with Crippen molar-refractivity contribution in [3.05, 3.63) is 77.1 Å². The number of anilines is 1. The Morgan fingerprint density at radius 2 is 1.71 bits per heavy atom. The molecule has 0 saturated carbocycles. The number of amides is 1. The van der Waals surface area contributed by atoms with Crippen molar-refractivity contribution in [2.75, 3.05) is 11.5 Å². The third-order valence-electron chi connectivity index (χ3n) is 5.04. The first-order valence-corrected chi connectivity index (χ1v) is 10.5. The Kier molecular flexibility index (Phi) is 6.90. The molecule has 0 spiro atoms. The van der Waals surface area contributed by atoms with Gasteiger partial charge in [0.2, 0.25) is 0 Å². The highest BCUT2D eigenvalue weighted by molar-refractivity contribution is 6.16. The van der Waals surface area contributed by atoms with E-state index in [4.69, 9.17) is 4.74 Å². The Bertz CT molecular complexity index is 992. The zero-order chi connectivity index (χ0) is 22.5. The fraction of sp³-hybridized carbons (Fsp3) is 0.320. The molecule has 1 N–H and O–H groups in total. The maximum atomic E-state index is 13.0. The lowest BCUT2D eigenvalue weighted by Crippen LogP contribution is -2.31. The molecule has 0 fully saturated rings. The Morgan fingerprint density at radius 3 is 2.29 bits per heavy atom. The van der Waals surface area contributed by atoms with Crippen LogP contribution in [0.25, 0.3) is 0 Å². The van der Waals surface area contributed by atoms with E-state index in [1.54, 1.807) is 24.3 Å². The molecule has 0 bridgehead atoms. The summed E-state index contributed by atoms with van der Waals surface area (Å²) < 4.78 is 5.14. The van der Waals surface area contributed by atoms with Crippen LogP contribution in [0, 0.1) is 5.92 Å². The average Bonchev–Trinajstić information content (AvgIpc) is 3.03. The predicted octanol–water partition coefficient (Wildman–Crippen LogP) is 4.77. The molecule has 2 aromatic carbocycles. The van der Waals surface area contributed by atoms with Crippen LogP contribution < -0.4 is 4.90 Å². The van der Waals surface area contributed by atoms with Crippen LogP contribution in [-0.4, -0.2) is 29.4 Å². The number of nitrogens with zero attached hydrogens (tertiary/aromatic N) is 1. The fourth-order valence-corrected chi connectivity index (χ4v) is 3.62. The molecule has 1 amide bonds. The maximum absolute atomic E-state index is 13.0. The third kappa shape index (κ3) is 4.68. The second-order valence-electron chi connectivity index (χ2n) is 7.95. The van der Waals surface area contributed by atoms with Gasteiger partial charge in [-0.3, -0.25) is 14.5 Å². The monoisotopic (exact) mass is 421 g/mol. The number of ketones is 1. The zero-order valence-corrected chi connectivity index (χ0v) is 18.0. The number of hydrogen-bond acceptors (Lipinski definition) is 5. The SMILES string of the molecule is CCCOC(=O)c1ccc(N2C(=O)C(O)=C(C(=O)CC(C)C)C2c2ccccc2)cc1. The van der Waals surface area contributed by atoms with E-state index >= 15 is 0 Å². The van der Waals surface area contributed by atoms with Crippen molar-refractivity contribution < 1.29 is 24.2 Å². The Morgan fingerprint density at radius 1 is 1.06 bits per heavy atom. The van der Waals surface area contributed by atoms with Crippen molar-refractivity contribution in [2.45, 2.75) is 39.7 Å². The summed E-state index contributed by atoms with van der Waals surface area (Å²) in [4.78, 5) is 39.5. The molecule has 1 aliphatic rings. The summed E-state index contributed by atoms with van der Waals surface area (Å²) in [5.74, 6) is -1.76. The molecule has 0 aliphatic carbocycles. The normalized spacial score (nSPS) is 16.2. The van der Waals surface area contributed by atoms with Gasteiger partial charge in [0.1, 0.15) is 0 Å². The van der Waals surface area contributed by atoms with E-state index in [0.717, 1.165) is 12.0 Å². The van der Waals surface area contributed by atoms with Gasteiger partial charge in [0.15, 0.2) is 11.5 Å². The minimum Gasteiger partial charge on any atom is -0.503 e. The van der Waals surface area contributed by atoms with Crippen LogP contribution in [-0.2, 0) is 14.3 Å². The first-order valence-electron chi connectivity index (χ1n) is 10.5. The van der Waals surface area contributed by atoms with Crippen molar-refractivity contribution >= 4 is 23.3 Å². The number of ether oxygens (including phenoxy) is 1. The molecule has 1 atom stereocenters. The van der Waals surface area contributed by atoms with Crippen LogP contribution >= 0.6 is 0 Å². The lowest BCUT2D eigenvalue weighted by Gasteiger charge is -2.27. The molecule has 0 aromatic heterocycles. The Hall–Kier alpha value is -3.41. The van der Waals surface area contributed by atoms with Crippen LogP contribution in [0.5, 0.6) is 0 Å². The Balaban J connectivity index is 2.00. The molecule has 1 aliphatic heterocycles. The quantitative estimate of drug-likeness (QED) is 0.621. The van der Waals surface area contributed by atoms with Gasteiger partial charge < -0.3 is 9.84 Å². The predicted molar refractivity (Wildman–Crippen MR) is 118 cm³/mol. The summed E-state index contributed by atoms with van der Waals surface area (Å²) >= 11 is 0. The zero-order valence-electron chi connectivity index (χ0n) is 18.0. The van der Waals surface area contributed by atoms with Gasteiger partial charge in [-0.2, -0.15) is 0 Å². The molecule has 162 valence electrons. The molecule has 31 heavy (non-hydrogen) atoms. The van der Waals surface area contributed by atoms with Gasteiger partial charge in [-0.05, 0) is 42.2 Å². The fourth-order valence-electron chi connectivity index (χ4n) is 3.62. The highest BCUT2D eigenvalue weighted by atomic mass is 16.5. The van der Waals surface area contributed by atoms with Crippen LogP contribution in [0.2, 0.25) is 0 Å². The molecule has 2 aromatic rings. The van der Waals surface area contributed by atoms with Gasteiger partial charge in [0, 0.05) is 12.1 Å². The van der Waals surface area contributed by atoms with E-state index < -0.39 is 23.7 Å². The van der Waals surface area contributed by atoms with E-state index in [9.17, 15) is 19.5 Å². The summed E-state index contributed by atoms with van der Waals surface area (Å²) in [6, 6.07) is 14.8. The summed E-state index contributed by atoms with van der Waals surface area (Å²) in [5, 5.41) is 10.6.